The Morgan fingerprint density at radius 3 is 2.62 bits per heavy atom. The normalized spacial score (nSPS) is 12.0. The van der Waals surface area contributed by atoms with Crippen molar-refractivity contribution in [3.05, 3.63) is 46.2 Å². The van der Waals surface area contributed by atoms with Gasteiger partial charge < -0.3 is 20.7 Å². The number of benzene rings is 1. The monoisotopic (exact) mass is 374 g/mol. The van der Waals surface area contributed by atoms with Crippen molar-refractivity contribution in [2.45, 2.75) is 32.9 Å². The Balaban J connectivity index is 2.20. The second-order valence-corrected chi connectivity index (χ2v) is 7.98. The number of thiophene rings is 1. The summed E-state index contributed by atoms with van der Waals surface area (Å²) in [6.45, 7) is 5.84. The van der Waals surface area contributed by atoms with Crippen molar-refractivity contribution in [3.8, 4) is 0 Å². The van der Waals surface area contributed by atoms with Crippen LogP contribution < -0.4 is 16.0 Å². The lowest BCUT2D eigenvalue weighted by molar-refractivity contribution is 0.0523. The van der Waals surface area contributed by atoms with E-state index in [2.05, 4.69) is 10.3 Å². The predicted molar refractivity (Wildman–Crippen MR) is 109 cm³/mol. The van der Waals surface area contributed by atoms with Crippen LogP contribution in [0.1, 0.15) is 31.2 Å². The van der Waals surface area contributed by atoms with Gasteiger partial charge in [-0.05, 0) is 56.0 Å². The number of aliphatic imine (C=N–C) groups is 1. The molecular weight excluding hydrogens is 348 g/mol. The van der Waals surface area contributed by atoms with Crippen LogP contribution in [-0.4, -0.2) is 31.6 Å². The Kier molecular flexibility index (Phi) is 6.26. The smallest absolute Gasteiger partial charge is 0.407 e. The quantitative estimate of drug-likeness (QED) is 0.615. The van der Waals surface area contributed by atoms with E-state index >= 15 is 0 Å². The summed E-state index contributed by atoms with van der Waals surface area (Å²) in [5.41, 5.74) is 8.20. The van der Waals surface area contributed by atoms with Crippen LogP contribution in [-0.2, 0) is 11.3 Å². The number of anilines is 1. The van der Waals surface area contributed by atoms with Gasteiger partial charge in [0.05, 0.1) is 10.6 Å². The van der Waals surface area contributed by atoms with Gasteiger partial charge in [-0.15, -0.1) is 11.3 Å². The molecule has 1 aromatic heterocycles. The minimum Gasteiger partial charge on any atom is -0.444 e. The van der Waals surface area contributed by atoms with Crippen LogP contribution in [0.25, 0.3) is 0 Å². The number of nitrogens with one attached hydrogen (secondary N) is 1. The maximum Gasteiger partial charge on any atom is 0.407 e. The van der Waals surface area contributed by atoms with E-state index in [0.29, 0.717) is 12.4 Å². The summed E-state index contributed by atoms with van der Waals surface area (Å²) in [4.78, 5) is 19.3. The zero-order chi connectivity index (χ0) is 19.3. The maximum atomic E-state index is 11.9. The lowest BCUT2D eigenvalue weighted by atomic mass is 10.1. The van der Waals surface area contributed by atoms with Gasteiger partial charge in [0, 0.05) is 26.3 Å². The van der Waals surface area contributed by atoms with Crippen molar-refractivity contribution in [1.29, 1.82) is 0 Å². The summed E-state index contributed by atoms with van der Waals surface area (Å²) >= 11 is 1.54. The highest BCUT2D eigenvalue weighted by molar-refractivity contribution is 7.12. The summed E-state index contributed by atoms with van der Waals surface area (Å²) in [6.07, 6.45) is -0.450. The fraction of sp³-hybridized carbons (Fsp3) is 0.368. The largest absolute Gasteiger partial charge is 0.444 e. The molecule has 1 aromatic carbocycles. The molecule has 0 aliphatic carbocycles. The number of amidine groups is 1. The first-order valence-electron chi connectivity index (χ1n) is 8.31. The summed E-state index contributed by atoms with van der Waals surface area (Å²) < 4.78 is 5.29. The van der Waals surface area contributed by atoms with Crippen LogP contribution in [0.15, 0.2) is 40.7 Å². The van der Waals surface area contributed by atoms with Crippen molar-refractivity contribution < 1.29 is 9.53 Å². The highest BCUT2D eigenvalue weighted by Gasteiger charge is 2.16. The number of hydrogen-bond donors (Lipinski definition) is 2. The molecule has 0 radical (unpaired) electrons. The maximum absolute atomic E-state index is 11.9. The molecule has 0 unspecified atom stereocenters. The number of carbonyl (C=O) groups is 1. The Bertz CT molecular complexity index is 777. The van der Waals surface area contributed by atoms with Crippen LogP contribution in [0.4, 0.5) is 16.2 Å². The summed E-state index contributed by atoms with van der Waals surface area (Å²) in [6, 6.07) is 9.67. The Hall–Kier alpha value is -2.54. The third kappa shape index (κ3) is 5.77. The molecule has 1 amide bonds. The molecule has 3 N–H and O–H groups in total. The minimum absolute atomic E-state index is 0.338. The highest BCUT2D eigenvalue weighted by Crippen LogP contribution is 2.25. The number of hydrogen-bond acceptors (Lipinski definition) is 5. The van der Waals surface area contributed by atoms with Gasteiger partial charge >= 0.3 is 6.09 Å². The molecule has 0 atom stereocenters. The molecular formula is C19H26N4O2S. The van der Waals surface area contributed by atoms with Crippen LogP contribution in [0, 0.1) is 0 Å². The zero-order valence-corrected chi connectivity index (χ0v) is 16.7. The van der Waals surface area contributed by atoms with E-state index in [1.807, 2.05) is 75.5 Å². The van der Waals surface area contributed by atoms with Gasteiger partial charge in [-0.25, -0.2) is 9.79 Å². The molecule has 0 fully saturated rings. The topological polar surface area (TPSA) is 80.0 Å². The third-order valence-corrected chi connectivity index (χ3v) is 4.28. The van der Waals surface area contributed by atoms with Crippen molar-refractivity contribution >= 4 is 34.6 Å². The zero-order valence-electron chi connectivity index (χ0n) is 15.9. The van der Waals surface area contributed by atoms with Crippen LogP contribution >= 0.6 is 11.3 Å². The second-order valence-electron chi connectivity index (χ2n) is 7.04. The van der Waals surface area contributed by atoms with Gasteiger partial charge in [0.2, 0.25) is 0 Å². The van der Waals surface area contributed by atoms with Crippen LogP contribution in [0.5, 0.6) is 0 Å². The number of nitrogens with two attached hydrogens (primary N) is 1. The number of ether oxygens (including phenoxy) is 1. The van der Waals surface area contributed by atoms with Gasteiger partial charge in [0.15, 0.2) is 0 Å². The number of nitrogens with zero attached hydrogens (tertiary/aromatic N) is 2. The molecule has 7 heteroatoms. The van der Waals surface area contributed by atoms with Crippen LogP contribution in [0.2, 0.25) is 0 Å². The minimum atomic E-state index is -0.532. The van der Waals surface area contributed by atoms with E-state index in [0.717, 1.165) is 21.8 Å². The van der Waals surface area contributed by atoms with Crippen LogP contribution in [0.3, 0.4) is 0 Å². The number of carbonyl (C=O) groups excluding carboxylic acids is 1. The molecule has 0 bridgehead atoms. The average Bonchev–Trinajstić information content (AvgIpc) is 3.05. The number of alkyl carbamates (subject to hydrolysis) is 1. The average molecular weight is 375 g/mol. The van der Waals surface area contributed by atoms with Gasteiger partial charge in [-0.2, -0.15) is 0 Å². The summed E-state index contributed by atoms with van der Waals surface area (Å²) in [5, 5.41) is 4.75. The van der Waals surface area contributed by atoms with Crippen molar-refractivity contribution in [2.75, 3.05) is 19.0 Å². The molecule has 2 rings (SSSR count). The van der Waals surface area contributed by atoms with Crippen molar-refractivity contribution in [2.24, 2.45) is 10.7 Å². The number of amides is 1. The van der Waals surface area contributed by atoms with Gasteiger partial charge in [0.1, 0.15) is 11.4 Å². The standard InChI is InChI=1S/C19H26N4O2S/c1-19(2,3)25-18(24)21-12-13-11-14(8-9-15(13)23(4)5)22-17(20)16-7-6-10-26-16/h6-11H,12H2,1-5H3,(H2,20,22)(H,21,24). The van der Waals surface area contributed by atoms with E-state index in [1.54, 1.807) is 11.3 Å². The molecule has 26 heavy (non-hydrogen) atoms. The molecule has 1 heterocycles. The van der Waals surface area contributed by atoms with E-state index < -0.39 is 11.7 Å². The molecule has 0 spiro atoms. The fourth-order valence-electron chi connectivity index (χ4n) is 2.32. The third-order valence-electron chi connectivity index (χ3n) is 3.39. The second kappa shape index (κ2) is 8.23. The van der Waals surface area contributed by atoms with E-state index in [1.165, 1.54) is 0 Å². The lowest BCUT2D eigenvalue weighted by Crippen LogP contribution is -2.32. The fourth-order valence-corrected chi connectivity index (χ4v) is 2.95. The van der Waals surface area contributed by atoms with Crippen molar-refractivity contribution in [1.82, 2.24) is 5.32 Å². The summed E-state index contributed by atoms with van der Waals surface area (Å²) in [5.74, 6) is 0.476. The van der Waals surface area contributed by atoms with Gasteiger partial charge in [-0.3, -0.25) is 0 Å². The Morgan fingerprint density at radius 1 is 1.31 bits per heavy atom. The van der Waals surface area contributed by atoms with Gasteiger partial charge in [0.25, 0.3) is 0 Å². The summed E-state index contributed by atoms with van der Waals surface area (Å²) in [7, 11) is 3.91. The first kappa shape index (κ1) is 19.8. The Labute approximate surface area is 158 Å². The first-order chi connectivity index (χ1) is 12.2. The van der Waals surface area contributed by atoms with Gasteiger partial charge in [-0.1, -0.05) is 6.07 Å². The first-order valence-corrected chi connectivity index (χ1v) is 9.19. The molecule has 6 nitrogen and oxygen atoms in total. The van der Waals surface area contributed by atoms with E-state index in [9.17, 15) is 4.79 Å². The molecule has 140 valence electrons. The SMILES string of the molecule is CN(C)c1ccc(N=C(N)c2cccs2)cc1CNC(=O)OC(C)(C)C. The Morgan fingerprint density at radius 2 is 2.04 bits per heavy atom. The predicted octanol–water partition coefficient (Wildman–Crippen LogP) is 3.88. The molecule has 0 saturated carbocycles. The highest BCUT2D eigenvalue weighted by atomic mass is 32.1. The molecule has 2 aromatic rings. The van der Waals surface area contributed by atoms with Crippen molar-refractivity contribution in [3.63, 3.8) is 0 Å². The lowest BCUT2D eigenvalue weighted by Gasteiger charge is -2.21. The molecule has 0 aliphatic rings. The number of rotatable bonds is 5. The molecule has 0 saturated heterocycles. The van der Waals surface area contributed by atoms with E-state index in [-0.39, 0.29) is 0 Å². The molecule has 0 aliphatic heterocycles. The van der Waals surface area contributed by atoms with E-state index in [4.69, 9.17) is 10.5 Å².